The van der Waals surface area contributed by atoms with E-state index in [1.54, 1.807) is 6.92 Å². The molecule has 1 aromatic carbocycles. The van der Waals surface area contributed by atoms with Crippen LogP contribution in [-0.4, -0.2) is 24.3 Å². The van der Waals surface area contributed by atoms with E-state index in [1.165, 1.54) is 11.1 Å². The zero-order valence-electron chi connectivity index (χ0n) is 11.2. The quantitative estimate of drug-likeness (QED) is 0.854. The molecule has 4 unspecified atom stereocenters. The Balaban J connectivity index is 1.75. The Kier molecular flexibility index (Phi) is 2.53. The van der Waals surface area contributed by atoms with Crippen molar-refractivity contribution in [3.63, 3.8) is 0 Å². The van der Waals surface area contributed by atoms with E-state index >= 15 is 0 Å². The largest absolute Gasteiger partial charge is 0.463 e. The second kappa shape index (κ2) is 4.17. The Labute approximate surface area is 117 Å². The smallest absolute Gasteiger partial charge is 0.334 e. The fourth-order valence-electron chi connectivity index (χ4n) is 3.96. The molecule has 1 aromatic rings. The first-order chi connectivity index (χ1) is 9.77. The molecule has 4 nitrogen and oxygen atoms in total. The summed E-state index contributed by atoms with van der Waals surface area (Å²) >= 11 is 0. The first-order valence-corrected chi connectivity index (χ1v) is 7.03. The lowest BCUT2D eigenvalue weighted by molar-refractivity contribution is -0.140. The number of esters is 1. The number of hydrogen-bond acceptors (Lipinski definition) is 4. The minimum atomic E-state index is -0.300. The van der Waals surface area contributed by atoms with Crippen molar-refractivity contribution in [2.45, 2.75) is 19.1 Å². The SMILES string of the molecule is CCOC(=O)C1=C(CO)C2C3OC(c4ccccc43)C12. The number of benzene rings is 1. The highest BCUT2D eigenvalue weighted by Crippen LogP contribution is 2.66. The highest BCUT2D eigenvalue weighted by Gasteiger charge is 2.62. The lowest BCUT2D eigenvalue weighted by Crippen LogP contribution is -2.40. The Morgan fingerprint density at radius 3 is 2.50 bits per heavy atom. The number of carbonyl (C=O) groups excluding carboxylic acids is 1. The van der Waals surface area contributed by atoms with Crippen molar-refractivity contribution in [1.82, 2.24) is 0 Å². The molecule has 0 amide bonds. The van der Waals surface area contributed by atoms with Crippen LogP contribution in [0.25, 0.3) is 0 Å². The number of carbonyl (C=O) groups is 1. The molecule has 4 heteroatoms. The number of rotatable bonds is 3. The van der Waals surface area contributed by atoms with Gasteiger partial charge in [0.1, 0.15) is 0 Å². The molecule has 1 saturated heterocycles. The summed E-state index contributed by atoms with van der Waals surface area (Å²) in [4.78, 5) is 12.1. The van der Waals surface area contributed by atoms with Crippen molar-refractivity contribution in [3.05, 3.63) is 46.5 Å². The van der Waals surface area contributed by atoms with Crippen LogP contribution < -0.4 is 0 Å². The van der Waals surface area contributed by atoms with Crippen molar-refractivity contribution in [2.24, 2.45) is 11.8 Å². The van der Waals surface area contributed by atoms with Gasteiger partial charge in [0, 0.05) is 17.4 Å². The third-order valence-corrected chi connectivity index (χ3v) is 4.69. The van der Waals surface area contributed by atoms with E-state index in [-0.39, 0.29) is 36.6 Å². The van der Waals surface area contributed by atoms with E-state index in [9.17, 15) is 9.90 Å². The third-order valence-electron chi connectivity index (χ3n) is 4.69. The van der Waals surface area contributed by atoms with Gasteiger partial charge in [-0.15, -0.1) is 0 Å². The van der Waals surface area contributed by atoms with Gasteiger partial charge in [-0.3, -0.25) is 0 Å². The topological polar surface area (TPSA) is 55.8 Å². The molecule has 0 saturated carbocycles. The monoisotopic (exact) mass is 272 g/mol. The fraction of sp³-hybridized carbons (Fsp3) is 0.438. The van der Waals surface area contributed by atoms with E-state index in [0.29, 0.717) is 12.2 Å². The average Bonchev–Trinajstić information content (AvgIpc) is 2.93. The molecule has 3 aliphatic rings. The molecule has 0 radical (unpaired) electrons. The molecule has 2 aliphatic heterocycles. The predicted molar refractivity (Wildman–Crippen MR) is 70.7 cm³/mol. The van der Waals surface area contributed by atoms with Crippen LogP contribution in [0.2, 0.25) is 0 Å². The molecular formula is C16H16O4. The van der Waals surface area contributed by atoms with Crippen LogP contribution in [0.5, 0.6) is 0 Å². The Bertz CT molecular complexity index is 619. The van der Waals surface area contributed by atoms with Crippen LogP contribution >= 0.6 is 0 Å². The summed E-state index contributed by atoms with van der Waals surface area (Å²) in [5.74, 6) is -0.109. The Morgan fingerprint density at radius 1 is 1.25 bits per heavy atom. The molecule has 1 fully saturated rings. The van der Waals surface area contributed by atoms with Crippen LogP contribution in [-0.2, 0) is 14.3 Å². The minimum Gasteiger partial charge on any atom is -0.463 e. The zero-order valence-corrected chi connectivity index (χ0v) is 11.2. The highest BCUT2D eigenvalue weighted by atomic mass is 16.5. The van der Waals surface area contributed by atoms with E-state index < -0.39 is 0 Å². The molecule has 20 heavy (non-hydrogen) atoms. The van der Waals surface area contributed by atoms with Crippen LogP contribution in [0.15, 0.2) is 35.4 Å². The first kappa shape index (κ1) is 12.1. The first-order valence-electron chi connectivity index (χ1n) is 7.03. The summed E-state index contributed by atoms with van der Waals surface area (Å²) in [6, 6.07) is 8.14. The summed E-state index contributed by atoms with van der Waals surface area (Å²) in [7, 11) is 0. The van der Waals surface area contributed by atoms with Crippen molar-refractivity contribution in [3.8, 4) is 0 Å². The maximum atomic E-state index is 12.1. The van der Waals surface area contributed by atoms with Gasteiger partial charge >= 0.3 is 5.97 Å². The molecule has 1 aliphatic carbocycles. The second-order valence-corrected chi connectivity index (χ2v) is 5.48. The summed E-state index contributed by atoms with van der Waals surface area (Å²) in [6.45, 7) is 2.05. The summed E-state index contributed by atoms with van der Waals surface area (Å²) in [5.41, 5.74) is 3.82. The molecular weight excluding hydrogens is 256 g/mol. The van der Waals surface area contributed by atoms with Gasteiger partial charge in [0.2, 0.25) is 0 Å². The van der Waals surface area contributed by atoms with Crippen molar-refractivity contribution < 1.29 is 19.4 Å². The van der Waals surface area contributed by atoms with Gasteiger partial charge in [-0.1, -0.05) is 24.3 Å². The lowest BCUT2D eigenvalue weighted by atomic mass is 9.60. The Morgan fingerprint density at radius 2 is 1.90 bits per heavy atom. The number of fused-ring (bicyclic) bond motifs is 8. The molecule has 4 atom stereocenters. The van der Waals surface area contributed by atoms with Crippen LogP contribution in [0.4, 0.5) is 0 Å². The third kappa shape index (κ3) is 1.30. The standard InChI is InChI=1S/C16H16O4/c1-2-19-16(18)12-10(7-17)11-13(12)15-9-6-4-3-5-8(9)14(11)20-15/h3-6,11,13-15,17H,2,7H2,1H3. The predicted octanol–water partition coefficient (Wildman–Crippen LogP) is 1.91. The number of hydrogen-bond donors (Lipinski definition) is 1. The zero-order chi connectivity index (χ0) is 13.9. The van der Waals surface area contributed by atoms with E-state index in [2.05, 4.69) is 12.1 Å². The van der Waals surface area contributed by atoms with Gasteiger partial charge < -0.3 is 14.6 Å². The summed E-state index contributed by atoms with van der Waals surface area (Å²) in [5, 5.41) is 9.58. The van der Waals surface area contributed by atoms with Gasteiger partial charge in [-0.2, -0.15) is 0 Å². The van der Waals surface area contributed by atoms with Gasteiger partial charge in [-0.25, -0.2) is 4.79 Å². The molecule has 104 valence electrons. The molecule has 1 N–H and O–H groups in total. The highest BCUT2D eigenvalue weighted by molar-refractivity contribution is 5.93. The van der Waals surface area contributed by atoms with Crippen molar-refractivity contribution in [2.75, 3.05) is 13.2 Å². The van der Waals surface area contributed by atoms with Crippen LogP contribution in [0, 0.1) is 11.8 Å². The van der Waals surface area contributed by atoms with Crippen molar-refractivity contribution >= 4 is 5.97 Å². The average molecular weight is 272 g/mol. The number of aliphatic hydroxyl groups is 1. The van der Waals surface area contributed by atoms with Gasteiger partial charge in [0.25, 0.3) is 0 Å². The van der Waals surface area contributed by atoms with E-state index in [1.807, 2.05) is 12.1 Å². The molecule has 4 rings (SSSR count). The number of aliphatic hydroxyl groups excluding tert-OH is 1. The van der Waals surface area contributed by atoms with Gasteiger partial charge in [0.05, 0.1) is 25.4 Å². The molecule has 0 spiro atoms. The minimum absolute atomic E-state index is 0.0125. The second-order valence-electron chi connectivity index (χ2n) is 5.48. The number of ether oxygens (including phenoxy) is 2. The molecule has 0 aromatic heterocycles. The maximum Gasteiger partial charge on any atom is 0.334 e. The van der Waals surface area contributed by atoms with E-state index in [0.717, 1.165) is 5.57 Å². The molecule has 2 bridgehead atoms. The van der Waals surface area contributed by atoms with Gasteiger partial charge in [0.15, 0.2) is 0 Å². The normalized spacial score (nSPS) is 32.7. The van der Waals surface area contributed by atoms with Gasteiger partial charge in [-0.05, 0) is 23.6 Å². The summed E-state index contributed by atoms with van der Waals surface area (Å²) in [6.07, 6.45) is -0.0718. The summed E-state index contributed by atoms with van der Waals surface area (Å²) < 4.78 is 11.2. The van der Waals surface area contributed by atoms with E-state index in [4.69, 9.17) is 9.47 Å². The van der Waals surface area contributed by atoms with Crippen molar-refractivity contribution in [1.29, 1.82) is 0 Å². The maximum absolute atomic E-state index is 12.1. The fourth-order valence-corrected chi connectivity index (χ4v) is 3.96. The lowest BCUT2D eigenvalue weighted by Gasteiger charge is -2.41. The molecule has 2 heterocycles. The van der Waals surface area contributed by atoms with Crippen LogP contribution in [0.1, 0.15) is 30.3 Å². The Hall–Kier alpha value is -1.65. The van der Waals surface area contributed by atoms with Crippen LogP contribution in [0.3, 0.4) is 0 Å².